The van der Waals surface area contributed by atoms with Crippen molar-refractivity contribution in [2.75, 3.05) is 0 Å². The van der Waals surface area contributed by atoms with Crippen molar-refractivity contribution in [3.63, 3.8) is 0 Å². The van der Waals surface area contributed by atoms with E-state index < -0.39 is 0 Å². The first kappa shape index (κ1) is 11.7. The molecule has 0 aliphatic rings. The first-order valence-corrected chi connectivity index (χ1v) is 5.73. The monoisotopic (exact) mass is 216 g/mol. The molecule has 0 aromatic carbocycles. The molecule has 1 rings (SSSR count). The van der Waals surface area contributed by atoms with Crippen LogP contribution in [0.5, 0.6) is 0 Å². The Morgan fingerprint density at radius 2 is 1.87 bits per heavy atom. The highest BCUT2D eigenvalue weighted by molar-refractivity contribution is 7.14. The highest BCUT2D eigenvalue weighted by Crippen LogP contribution is 2.31. The Kier molecular flexibility index (Phi) is 4.32. The predicted octanol–water partition coefficient (Wildman–Crippen LogP) is 4.93. The Hall–Kier alpha value is -1.34. The second kappa shape index (κ2) is 5.52. The average Bonchev–Trinajstić information content (AvgIpc) is 2.52. The van der Waals surface area contributed by atoms with Gasteiger partial charge in [-0.2, -0.15) is 0 Å². The number of allylic oxidation sites excluding steroid dienone is 3. The van der Waals surface area contributed by atoms with Gasteiger partial charge < -0.3 is 0 Å². The number of hydrogen-bond donors (Lipinski definition) is 0. The Balaban J connectivity index is 3.25. The molecule has 0 saturated carbocycles. The highest BCUT2D eigenvalue weighted by Gasteiger charge is 2.07. The molecule has 0 unspecified atom stereocenters. The molecule has 0 atom stereocenters. The third-order valence-corrected chi connectivity index (χ3v) is 3.40. The van der Waals surface area contributed by atoms with Crippen LogP contribution in [0.4, 0.5) is 0 Å². The quantitative estimate of drug-likeness (QED) is 0.626. The van der Waals surface area contributed by atoms with E-state index in [9.17, 15) is 0 Å². The fourth-order valence-corrected chi connectivity index (χ4v) is 2.61. The van der Waals surface area contributed by atoms with E-state index in [0.717, 1.165) is 0 Å². The molecule has 0 fully saturated rings. The molecule has 0 N–H and O–H groups in total. The van der Waals surface area contributed by atoms with Gasteiger partial charge >= 0.3 is 0 Å². The van der Waals surface area contributed by atoms with Gasteiger partial charge in [-0.3, -0.25) is 0 Å². The lowest BCUT2D eigenvalue weighted by Crippen LogP contribution is -1.75. The molecule has 1 heteroatoms. The Morgan fingerprint density at radius 3 is 2.40 bits per heavy atom. The zero-order chi connectivity index (χ0) is 11.3. The summed E-state index contributed by atoms with van der Waals surface area (Å²) in [6.45, 7) is 11.7. The molecule has 1 aromatic heterocycles. The van der Waals surface area contributed by atoms with Crippen LogP contribution in [-0.4, -0.2) is 0 Å². The molecule has 0 aliphatic heterocycles. The lowest BCUT2D eigenvalue weighted by Gasteiger charge is -1.93. The minimum Gasteiger partial charge on any atom is -0.136 e. The van der Waals surface area contributed by atoms with Crippen molar-refractivity contribution in [2.24, 2.45) is 0 Å². The Bertz CT molecular complexity index is 417. The molecule has 78 valence electrons. The molecular formula is C14H16S. The fraction of sp³-hybridized carbons (Fsp3) is 0.143. The largest absolute Gasteiger partial charge is 0.136 e. The van der Waals surface area contributed by atoms with Crippen molar-refractivity contribution in [1.82, 2.24) is 0 Å². The molecule has 0 radical (unpaired) electrons. The third kappa shape index (κ3) is 2.57. The maximum Gasteiger partial charge on any atom is 0.0348 e. The standard InChI is InChI=1S/C14H16S/c1-5-8-10-13-11(4)12(7-3)14(15-13)9-6-2/h5-10H,1,3H2,2,4H3/b9-6-,10-8-. The van der Waals surface area contributed by atoms with E-state index in [-0.39, 0.29) is 0 Å². The molecule has 0 saturated heterocycles. The van der Waals surface area contributed by atoms with Crippen LogP contribution in [0.3, 0.4) is 0 Å². The van der Waals surface area contributed by atoms with Crippen LogP contribution < -0.4 is 0 Å². The minimum absolute atomic E-state index is 1.24. The summed E-state index contributed by atoms with van der Waals surface area (Å²) in [6.07, 6.45) is 12.0. The minimum atomic E-state index is 1.24. The van der Waals surface area contributed by atoms with Crippen LogP contribution in [-0.2, 0) is 0 Å². The van der Waals surface area contributed by atoms with E-state index in [1.807, 2.05) is 19.1 Å². The summed E-state index contributed by atoms with van der Waals surface area (Å²) in [5.41, 5.74) is 2.53. The zero-order valence-corrected chi connectivity index (χ0v) is 10.1. The molecule has 1 aromatic rings. The summed E-state index contributed by atoms with van der Waals surface area (Å²) in [5.74, 6) is 0. The van der Waals surface area contributed by atoms with E-state index in [1.54, 1.807) is 17.4 Å². The van der Waals surface area contributed by atoms with E-state index in [0.29, 0.717) is 0 Å². The van der Waals surface area contributed by atoms with Gasteiger partial charge in [-0.25, -0.2) is 0 Å². The van der Waals surface area contributed by atoms with Crippen LogP contribution in [0.15, 0.2) is 31.4 Å². The molecule has 0 bridgehead atoms. The summed E-state index contributed by atoms with van der Waals surface area (Å²) in [4.78, 5) is 2.55. The van der Waals surface area contributed by atoms with Crippen molar-refractivity contribution in [1.29, 1.82) is 0 Å². The molecule has 0 spiro atoms. The predicted molar refractivity (Wildman–Crippen MR) is 73.1 cm³/mol. The third-order valence-electron chi connectivity index (χ3n) is 2.16. The van der Waals surface area contributed by atoms with Crippen LogP contribution >= 0.6 is 11.3 Å². The van der Waals surface area contributed by atoms with Crippen LogP contribution in [0.2, 0.25) is 0 Å². The summed E-state index contributed by atoms with van der Waals surface area (Å²) in [5, 5.41) is 0. The smallest absolute Gasteiger partial charge is 0.0348 e. The summed E-state index contributed by atoms with van der Waals surface area (Å²) < 4.78 is 0. The summed E-state index contributed by atoms with van der Waals surface area (Å²) >= 11 is 1.78. The number of thiophene rings is 1. The summed E-state index contributed by atoms with van der Waals surface area (Å²) in [6, 6.07) is 0. The lowest BCUT2D eigenvalue weighted by molar-refractivity contribution is 1.50. The van der Waals surface area contributed by atoms with E-state index in [2.05, 4.69) is 38.3 Å². The number of hydrogen-bond acceptors (Lipinski definition) is 1. The van der Waals surface area contributed by atoms with Crippen molar-refractivity contribution < 1.29 is 0 Å². The van der Waals surface area contributed by atoms with Gasteiger partial charge in [0.1, 0.15) is 0 Å². The fourth-order valence-electron chi connectivity index (χ4n) is 1.41. The average molecular weight is 216 g/mol. The normalized spacial score (nSPS) is 11.3. The number of rotatable bonds is 4. The van der Waals surface area contributed by atoms with Crippen molar-refractivity contribution in [3.05, 3.63) is 52.3 Å². The molecular weight excluding hydrogens is 200 g/mol. The summed E-state index contributed by atoms with van der Waals surface area (Å²) in [7, 11) is 0. The van der Waals surface area contributed by atoms with Crippen molar-refractivity contribution >= 4 is 29.6 Å². The molecule has 0 nitrogen and oxygen atoms in total. The van der Waals surface area contributed by atoms with Gasteiger partial charge in [0.05, 0.1) is 0 Å². The molecule has 15 heavy (non-hydrogen) atoms. The Morgan fingerprint density at radius 1 is 1.13 bits per heavy atom. The van der Waals surface area contributed by atoms with Crippen molar-refractivity contribution in [2.45, 2.75) is 13.8 Å². The van der Waals surface area contributed by atoms with Gasteiger partial charge in [-0.15, -0.1) is 11.3 Å². The topological polar surface area (TPSA) is 0 Å². The van der Waals surface area contributed by atoms with Crippen molar-refractivity contribution in [3.8, 4) is 0 Å². The van der Waals surface area contributed by atoms with Crippen LogP contribution in [0.1, 0.15) is 27.8 Å². The van der Waals surface area contributed by atoms with Gasteiger partial charge in [0, 0.05) is 9.75 Å². The van der Waals surface area contributed by atoms with E-state index in [1.165, 1.54) is 20.9 Å². The van der Waals surface area contributed by atoms with Gasteiger partial charge in [0.2, 0.25) is 0 Å². The zero-order valence-electron chi connectivity index (χ0n) is 9.29. The van der Waals surface area contributed by atoms with Gasteiger partial charge in [0.15, 0.2) is 0 Å². The van der Waals surface area contributed by atoms with Crippen LogP contribution in [0, 0.1) is 6.92 Å². The van der Waals surface area contributed by atoms with Gasteiger partial charge in [-0.05, 0) is 37.1 Å². The lowest BCUT2D eigenvalue weighted by atomic mass is 10.1. The second-order valence-corrected chi connectivity index (χ2v) is 4.25. The maximum absolute atomic E-state index is 3.86. The SMILES string of the molecule is C=C/C=C\c1sc(/C=C\C)c(C=C)c1C. The first-order chi connectivity index (χ1) is 7.24. The highest BCUT2D eigenvalue weighted by atomic mass is 32.1. The van der Waals surface area contributed by atoms with E-state index >= 15 is 0 Å². The first-order valence-electron chi connectivity index (χ1n) is 4.92. The molecule has 1 heterocycles. The van der Waals surface area contributed by atoms with E-state index in [4.69, 9.17) is 0 Å². The van der Waals surface area contributed by atoms with Gasteiger partial charge in [0.25, 0.3) is 0 Å². The Labute approximate surface area is 96.0 Å². The molecule has 0 aliphatic carbocycles. The van der Waals surface area contributed by atoms with Crippen LogP contribution in [0.25, 0.3) is 18.2 Å². The van der Waals surface area contributed by atoms with Gasteiger partial charge in [-0.1, -0.05) is 37.5 Å². The second-order valence-electron chi connectivity index (χ2n) is 3.17. The molecule has 0 amide bonds. The maximum atomic E-state index is 3.86.